The van der Waals surface area contributed by atoms with Crippen molar-refractivity contribution < 1.29 is 21.8 Å². The first-order chi connectivity index (χ1) is 18.3. The minimum atomic E-state index is 0. The fourth-order valence-electron chi connectivity index (χ4n) is 4.64. The van der Waals surface area contributed by atoms with Crippen LogP contribution < -0.4 is 9.64 Å². The standard InChI is InChI=1S/C17H21N2O.C14H12N3.Fe/c1-20-17-9-5-4-8-16(17)19-12-10-18(11-13-19)14-15-6-2-3-7-15;1-2-6-12(7-3-1)10-17-11-14(15-16-17)13-8-4-5-9-13;/h2-9H,10-14H2,1H3;1-9,11H,10H2;/q;;+2. The van der Waals surface area contributed by atoms with Gasteiger partial charge in [0.1, 0.15) is 5.75 Å². The fraction of sp³-hybridized carbons (Fsp3) is 0.226. The molecule has 0 N–H and O–H groups in total. The predicted molar refractivity (Wildman–Crippen MR) is 147 cm³/mol. The number of anilines is 1. The van der Waals surface area contributed by atoms with E-state index in [0.717, 1.165) is 56.6 Å². The van der Waals surface area contributed by atoms with Crippen molar-refractivity contribution >= 4 is 5.69 Å². The van der Waals surface area contributed by atoms with E-state index in [2.05, 4.69) is 70.1 Å². The van der Waals surface area contributed by atoms with Gasteiger partial charge in [0.25, 0.3) is 0 Å². The zero-order valence-electron chi connectivity index (χ0n) is 21.6. The number of benzene rings is 2. The summed E-state index contributed by atoms with van der Waals surface area (Å²) in [5.74, 6) is 3.50. The van der Waals surface area contributed by atoms with Crippen molar-refractivity contribution in [1.29, 1.82) is 0 Å². The van der Waals surface area contributed by atoms with Crippen LogP contribution in [0.1, 0.15) is 11.3 Å². The Balaban J connectivity index is 0.000000174. The van der Waals surface area contributed by atoms with Crippen LogP contribution in [0.5, 0.6) is 5.75 Å². The van der Waals surface area contributed by atoms with Crippen molar-refractivity contribution in [2.24, 2.45) is 0 Å². The summed E-state index contributed by atoms with van der Waals surface area (Å²) in [4.78, 5) is 4.93. The van der Waals surface area contributed by atoms with E-state index in [4.69, 9.17) is 4.74 Å². The van der Waals surface area contributed by atoms with Crippen LogP contribution in [0, 0.1) is 63.2 Å². The molecule has 0 atom stereocenters. The second-order valence-electron chi connectivity index (χ2n) is 9.19. The maximum atomic E-state index is 5.46. The van der Waals surface area contributed by atoms with Gasteiger partial charge in [0.2, 0.25) is 0 Å². The van der Waals surface area contributed by atoms with Gasteiger partial charge in [-0.15, -0.1) is 5.10 Å². The van der Waals surface area contributed by atoms with Crippen LogP contribution in [0.2, 0.25) is 0 Å². The topological polar surface area (TPSA) is 46.4 Å². The monoisotopic (exact) mass is 547 g/mol. The Morgan fingerprint density at radius 3 is 2.13 bits per heavy atom. The number of rotatable bonds is 7. The van der Waals surface area contributed by atoms with E-state index in [0.29, 0.717) is 0 Å². The van der Waals surface area contributed by atoms with E-state index in [1.807, 2.05) is 66.9 Å². The zero-order valence-corrected chi connectivity index (χ0v) is 22.7. The summed E-state index contributed by atoms with van der Waals surface area (Å²) in [6.45, 7) is 6.13. The molecule has 3 aromatic rings. The van der Waals surface area contributed by atoms with Gasteiger partial charge in [0.05, 0.1) is 25.0 Å². The van der Waals surface area contributed by atoms with Crippen LogP contribution in [-0.2, 0) is 23.6 Å². The number of hydrogen-bond donors (Lipinski definition) is 0. The Hall–Kier alpha value is -2.34. The smallest absolute Gasteiger partial charge is 0.495 e. The molecule has 7 heteroatoms. The van der Waals surface area contributed by atoms with Crippen molar-refractivity contribution in [3.05, 3.63) is 135 Å². The molecule has 0 bridgehead atoms. The van der Waals surface area contributed by atoms with Gasteiger partial charge in [0.15, 0.2) is 0 Å². The summed E-state index contributed by atoms with van der Waals surface area (Å²) >= 11 is 0. The minimum absolute atomic E-state index is 0. The summed E-state index contributed by atoms with van der Waals surface area (Å²) in [7, 11) is 1.74. The summed E-state index contributed by atoms with van der Waals surface area (Å²) < 4.78 is 7.31. The number of para-hydroxylation sites is 2. The number of hydrogen-bond acceptors (Lipinski definition) is 5. The molecule has 194 valence electrons. The largest absolute Gasteiger partial charge is 2.00 e. The van der Waals surface area contributed by atoms with E-state index in [1.54, 1.807) is 7.11 Å². The van der Waals surface area contributed by atoms with Gasteiger partial charge in [-0.25, -0.2) is 4.68 Å². The molecule has 1 saturated heterocycles. The number of piperazine rings is 1. The first-order valence-electron chi connectivity index (χ1n) is 12.8. The SMILES string of the molecule is COc1ccccc1N1CCN(C[C]2[CH][CH][CH][CH]2)CC1.[CH]1[CH][CH][C](c2cn(Cc3ccccc3)nn2)[CH]1.[Fe+2]. The van der Waals surface area contributed by atoms with E-state index in [1.165, 1.54) is 17.2 Å². The number of aromatic nitrogens is 3. The third-order valence-corrected chi connectivity index (χ3v) is 6.62. The molecule has 10 radical (unpaired) electrons. The molecule has 6 nitrogen and oxygen atoms in total. The molecule has 3 fully saturated rings. The van der Waals surface area contributed by atoms with Gasteiger partial charge in [0, 0.05) is 44.8 Å². The molecule has 2 aromatic carbocycles. The summed E-state index contributed by atoms with van der Waals surface area (Å²) in [5, 5.41) is 8.30. The zero-order chi connectivity index (χ0) is 25.3. The third kappa shape index (κ3) is 7.84. The molecule has 2 saturated carbocycles. The molecule has 1 aliphatic heterocycles. The molecule has 2 aliphatic carbocycles. The quantitative estimate of drug-likeness (QED) is 0.413. The minimum Gasteiger partial charge on any atom is -0.495 e. The molecule has 38 heavy (non-hydrogen) atoms. The Morgan fingerprint density at radius 2 is 1.42 bits per heavy atom. The third-order valence-electron chi connectivity index (χ3n) is 6.62. The van der Waals surface area contributed by atoms with Gasteiger partial charge in [-0.2, -0.15) is 0 Å². The normalized spacial score (nSPS) is 18.6. The van der Waals surface area contributed by atoms with Gasteiger partial charge < -0.3 is 9.64 Å². The van der Waals surface area contributed by atoms with E-state index in [9.17, 15) is 0 Å². The molecule has 0 unspecified atom stereocenters. The Bertz CT molecular complexity index is 1070. The van der Waals surface area contributed by atoms with E-state index < -0.39 is 0 Å². The number of methoxy groups -OCH3 is 1. The molecule has 3 aliphatic rings. The van der Waals surface area contributed by atoms with Crippen LogP contribution in [0.4, 0.5) is 5.69 Å². The van der Waals surface area contributed by atoms with Crippen LogP contribution in [0.15, 0.2) is 60.8 Å². The number of nitrogens with zero attached hydrogens (tertiary/aromatic N) is 5. The van der Waals surface area contributed by atoms with Gasteiger partial charge in [-0.1, -0.05) is 47.7 Å². The van der Waals surface area contributed by atoms with Crippen molar-refractivity contribution in [2.45, 2.75) is 6.54 Å². The second kappa shape index (κ2) is 14.7. The van der Waals surface area contributed by atoms with Crippen LogP contribution in [0.25, 0.3) is 0 Å². The predicted octanol–water partition coefficient (Wildman–Crippen LogP) is 4.30. The molecule has 2 heterocycles. The molecule has 0 spiro atoms. The Kier molecular flexibility index (Phi) is 11.1. The van der Waals surface area contributed by atoms with Gasteiger partial charge in [-0.3, -0.25) is 4.90 Å². The first-order valence-corrected chi connectivity index (χ1v) is 12.8. The molecular weight excluding hydrogens is 514 g/mol. The number of ether oxygens (including phenoxy) is 1. The van der Waals surface area contributed by atoms with Crippen molar-refractivity contribution in [3.8, 4) is 5.75 Å². The molecular formula is C31H33FeN5O+2. The Labute approximate surface area is 239 Å². The summed E-state index contributed by atoms with van der Waals surface area (Å²) in [6.07, 6.45) is 18.7. The van der Waals surface area contributed by atoms with Gasteiger partial charge in [-0.05, 0) is 75.0 Å². The summed E-state index contributed by atoms with van der Waals surface area (Å²) in [6, 6.07) is 18.5. The maximum Gasteiger partial charge on any atom is 2.00 e. The maximum absolute atomic E-state index is 5.46. The van der Waals surface area contributed by atoms with Crippen molar-refractivity contribution in [2.75, 3.05) is 44.7 Å². The second-order valence-corrected chi connectivity index (χ2v) is 9.19. The van der Waals surface area contributed by atoms with Crippen molar-refractivity contribution in [1.82, 2.24) is 19.9 Å². The summed E-state index contributed by atoms with van der Waals surface area (Å²) in [5.41, 5.74) is 3.36. The molecule has 0 amide bonds. The van der Waals surface area contributed by atoms with E-state index >= 15 is 0 Å². The molecule has 6 rings (SSSR count). The van der Waals surface area contributed by atoms with Gasteiger partial charge >= 0.3 is 17.1 Å². The van der Waals surface area contributed by atoms with E-state index in [-0.39, 0.29) is 17.1 Å². The average Bonchev–Trinajstić information content (AvgIpc) is 3.74. The first kappa shape index (κ1) is 28.7. The molecule has 1 aromatic heterocycles. The fourth-order valence-corrected chi connectivity index (χ4v) is 4.64. The van der Waals surface area contributed by atoms with Crippen molar-refractivity contribution in [3.63, 3.8) is 0 Å². The van der Waals surface area contributed by atoms with Crippen LogP contribution in [-0.4, -0.2) is 59.7 Å². The average molecular weight is 547 g/mol. The van der Waals surface area contributed by atoms with Crippen LogP contribution >= 0.6 is 0 Å². The van der Waals surface area contributed by atoms with Crippen LogP contribution in [0.3, 0.4) is 0 Å². The Morgan fingerprint density at radius 1 is 0.763 bits per heavy atom.